The molecule has 0 unspecified atom stereocenters. The highest BCUT2D eigenvalue weighted by atomic mass is 16.1. The number of rotatable bonds is 4. The van der Waals surface area contributed by atoms with Gasteiger partial charge in [0.05, 0.1) is 0 Å². The van der Waals surface area contributed by atoms with Gasteiger partial charge in [0.15, 0.2) is 11.5 Å². The molecule has 122 valence electrons. The molecule has 0 radical (unpaired) electrons. The van der Waals surface area contributed by atoms with Crippen LogP contribution in [0, 0.1) is 6.92 Å². The lowest BCUT2D eigenvalue weighted by atomic mass is 10.0. The van der Waals surface area contributed by atoms with E-state index in [0.29, 0.717) is 11.7 Å². The van der Waals surface area contributed by atoms with Crippen LogP contribution in [0.5, 0.6) is 0 Å². The Balaban J connectivity index is 1.80. The molecule has 1 N–H and O–H groups in total. The number of aromatic nitrogens is 4. The maximum atomic E-state index is 12.4. The van der Waals surface area contributed by atoms with Gasteiger partial charge in [0.25, 0.3) is 5.91 Å². The van der Waals surface area contributed by atoms with Crippen LogP contribution in [0.15, 0.2) is 48.8 Å². The van der Waals surface area contributed by atoms with Crippen LogP contribution in [0.2, 0.25) is 0 Å². The molecule has 6 nitrogen and oxygen atoms in total. The fourth-order valence-electron chi connectivity index (χ4n) is 2.50. The fourth-order valence-corrected chi connectivity index (χ4v) is 2.50. The number of anilines is 1. The second kappa shape index (κ2) is 6.62. The number of aryl methyl sites for hydroxylation is 1. The normalized spacial score (nSPS) is 10.8. The summed E-state index contributed by atoms with van der Waals surface area (Å²) in [7, 11) is 0. The average Bonchev–Trinajstić information content (AvgIpc) is 3.01. The lowest BCUT2D eigenvalue weighted by Crippen LogP contribution is -2.16. The van der Waals surface area contributed by atoms with Gasteiger partial charge in [-0.2, -0.15) is 0 Å². The van der Waals surface area contributed by atoms with Crippen molar-refractivity contribution in [3.05, 3.63) is 65.9 Å². The highest BCUT2D eigenvalue weighted by molar-refractivity contribution is 6.03. The van der Waals surface area contributed by atoms with Crippen molar-refractivity contribution in [2.75, 3.05) is 5.32 Å². The van der Waals surface area contributed by atoms with Gasteiger partial charge in [-0.15, -0.1) is 10.2 Å². The third kappa shape index (κ3) is 3.17. The molecule has 0 aliphatic heterocycles. The van der Waals surface area contributed by atoms with Crippen LogP contribution >= 0.6 is 0 Å². The Bertz CT molecular complexity index is 852. The van der Waals surface area contributed by atoms with Gasteiger partial charge in [-0.05, 0) is 36.6 Å². The minimum atomic E-state index is -0.274. The standard InChI is InChI=1S/C18H19N5O/c1-12(2)14-6-4-5-7-15(14)20-18(24)16-8-9-17(22-21-16)23-11-10-19-13(23)3/h4-12H,1-3H3,(H,20,24). The summed E-state index contributed by atoms with van der Waals surface area (Å²) in [6, 6.07) is 11.2. The molecule has 0 bridgehead atoms. The van der Waals surface area contributed by atoms with Crippen molar-refractivity contribution in [3.63, 3.8) is 0 Å². The molecule has 1 amide bonds. The van der Waals surface area contributed by atoms with Crippen LogP contribution in [-0.4, -0.2) is 25.7 Å². The smallest absolute Gasteiger partial charge is 0.276 e. The van der Waals surface area contributed by atoms with Crippen molar-refractivity contribution in [1.29, 1.82) is 0 Å². The lowest BCUT2D eigenvalue weighted by Gasteiger charge is -2.13. The number of imidazole rings is 1. The topological polar surface area (TPSA) is 72.7 Å². The van der Waals surface area contributed by atoms with Gasteiger partial charge in [0.1, 0.15) is 5.82 Å². The van der Waals surface area contributed by atoms with E-state index in [1.807, 2.05) is 35.8 Å². The molecule has 0 aliphatic carbocycles. The van der Waals surface area contributed by atoms with Crippen LogP contribution < -0.4 is 5.32 Å². The van der Waals surface area contributed by atoms with E-state index in [-0.39, 0.29) is 11.6 Å². The molecular formula is C18H19N5O. The van der Waals surface area contributed by atoms with Gasteiger partial charge in [0.2, 0.25) is 0 Å². The van der Waals surface area contributed by atoms with E-state index in [0.717, 1.165) is 17.1 Å². The quantitative estimate of drug-likeness (QED) is 0.800. The maximum absolute atomic E-state index is 12.4. The zero-order chi connectivity index (χ0) is 17.1. The molecule has 2 aromatic heterocycles. The van der Waals surface area contributed by atoms with Crippen LogP contribution in [0.1, 0.15) is 41.6 Å². The van der Waals surface area contributed by atoms with E-state index in [1.165, 1.54) is 0 Å². The van der Waals surface area contributed by atoms with Gasteiger partial charge in [-0.1, -0.05) is 32.0 Å². The van der Waals surface area contributed by atoms with Crippen molar-refractivity contribution < 1.29 is 4.79 Å². The number of amides is 1. The summed E-state index contributed by atoms with van der Waals surface area (Å²) >= 11 is 0. The molecule has 0 fully saturated rings. The Hall–Kier alpha value is -3.02. The first kappa shape index (κ1) is 15.9. The van der Waals surface area contributed by atoms with E-state index in [2.05, 4.69) is 34.3 Å². The monoisotopic (exact) mass is 321 g/mol. The molecule has 0 saturated heterocycles. The second-order valence-corrected chi connectivity index (χ2v) is 5.82. The van der Waals surface area contributed by atoms with E-state index in [1.54, 1.807) is 24.5 Å². The van der Waals surface area contributed by atoms with Crippen molar-refractivity contribution in [2.45, 2.75) is 26.7 Å². The van der Waals surface area contributed by atoms with Crippen LogP contribution in [-0.2, 0) is 0 Å². The Morgan fingerprint density at radius 3 is 2.54 bits per heavy atom. The highest BCUT2D eigenvalue weighted by Gasteiger charge is 2.13. The number of para-hydroxylation sites is 1. The van der Waals surface area contributed by atoms with E-state index >= 15 is 0 Å². The van der Waals surface area contributed by atoms with E-state index in [9.17, 15) is 4.79 Å². The van der Waals surface area contributed by atoms with Gasteiger partial charge in [-0.25, -0.2) is 4.98 Å². The third-order valence-corrected chi connectivity index (χ3v) is 3.79. The Morgan fingerprint density at radius 1 is 1.12 bits per heavy atom. The number of nitrogens with one attached hydrogen (secondary N) is 1. The summed E-state index contributed by atoms with van der Waals surface area (Å²) in [4.78, 5) is 16.6. The average molecular weight is 321 g/mol. The van der Waals surface area contributed by atoms with Gasteiger partial charge in [-0.3, -0.25) is 9.36 Å². The summed E-state index contributed by atoms with van der Waals surface area (Å²) in [6.07, 6.45) is 3.50. The minimum Gasteiger partial charge on any atom is -0.320 e. The molecule has 0 spiro atoms. The zero-order valence-electron chi connectivity index (χ0n) is 13.9. The number of hydrogen-bond donors (Lipinski definition) is 1. The van der Waals surface area contributed by atoms with Gasteiger partial charge in [0, 0.05) is 18.1 Å². The second-order valence-electron chi connectivity index (χ2n) is 5.82. The first-order valence-electron chi connectivity index (χ1n) is 7.80. The Morgan fingerprint density at radius 2 is 1.92 bits per heavy atom. The van der Waals surface area contributed by atoms with Crippen molar-refractivity contribution in [1.82, 2.24) is 19.7 Å². The zero-order valence-corrected chi connectivity index (χ0v) is 13.9. The highest BCUT2D eigenvalue weighted by Crippen LogP contribution is 2.24. The summed E-state index contributed by atoms with van der Waals surface area (Å²) in [5, 5.41) is 11.1. The van der Waals surface area contributed by atoms with Crippen LogP contribution in [0.25, 0.3) is 5.82 Å². The van der Waals surface area contributed by atoms with Gasteiger partial charge >= 0.3 is 0 Å². The molecule has 0 aliphatic rings. The maximum Gasteiger partial charge on any atom is 0.276 e. The number of nitrogens with zero attached hydrogens (tertiary/aromatic N) is 4. The number of carbonyl (C=O) groups is 1. The summed E-state index contributed by atoms with van der Waals surface area (Å²) in [5.41, 5.74) is 2.16. The largest absolute Gasteiger partial charge is 0.320 e. The molecule has 0 atom stereocenters. The lowest BCUT2D eigenvalue weighted by molar-refractivity contribution is 0.102. The minimum absolute atomic E-state index is 0.273. The van der Waals surface area contributed by atoms with Crippen LogP contribution in [0.3, 0.4) is 0 Å². The Labute approximate surface area is 140 Å². The molecule has 3 rings (SSSR count). The summed E-state index contributed by atoms with van der Waals surface area (Å²) in [6.45, 7) is 6.06. The predicted molar refractivity (Wildman–Crippen MR) is 92.4 cm³/mol. The number of carbonyl (C=O) groups excluding carboxylic acids is 1. The van der Waals surface area contributed by atoms with Gasteiger partial charge < -0.3 is 5.32 Å². The fraction of sp³-hybridized carbons (Fsp3) is 0.222. The van der Waals surface area contributed by atoms with Crippen molar-refractivity contribution in [3.8, 4) is 5.82 Å². The first-order chi connectivity index (χ1) is 11.6. The summed E-state index contributed by atoms with van der Waals surface area (Å²) < 4.78 is 1.81. The molecule has 1 aromatic carbocycles. The van der Waals surface area contributed by atoms with E-state index in [4.69, 9.17) is 0 Å². The Kier molecular flexibility index (Phi) is 4.37. The van der Waals surface area contributed by atoms with Crippen molar-refractivity contribution in [2.24, 2.45) is 0 Å². The number of benzene rings is 1. The predicted octanol–water partition coefficient (Wildman–Crippen LogP) is 3.35. The summed E-state index contributed by atoms with van der Waals surface area (Å²) in [5.74, 6) is 1.49. The molecule has 2 heterocycles. The first-order valence-corrected chi connectivity index (χ1v) is 7.80. The third-order valence-electron chi connectivity index (χ3n) is 3.79. The van der Waals surface area contributed by atoms with Crippen molar-refractivity contribution >= 4 is 11.6 Å². The SMILES string of the molecule is Cc1nccn1-c1ccc(C(=O)Nc2ccccc2C(C)C)nn1. The molecule has 24 heavy (non-hydrogen) atoms. The number of hydrogen-bond acceptors (Lipinski definition) is 4. The van der Waals surface area contributed by atoms with Crippen LogP contribution in [0.4, 0.5) is 5.69 Å². The molecule has 0 saturated carbocycles. The van der Waals surface area contributed by atoms with E-state index < -0.39 is 0 Å². The molecule has 6 heteroatoms. The molecule has 3 aromatic rings. The molecular weight excluding hydrogens is 302 g/mol.